The molecule has 1 N–H and O–H groups in total. The molecule has 0 saturated heterocycles. The van der Waals surface area contributed by atoms with E-state index in [1.807, 2.05) is 0 Å². The summed E-state index contributed by atoms with van der Waals surface area (Å²) in [5.41, 5.74) is 1.96. The van der Waals surface area contributed by atoms with Gasteiger partial charge in [-0.1, -0.05) is 69.9 Å². The third kappa shape index (κ3) is 7.39. The van der Waals surface area contributed by atoms with Crippen molar-refractivity contribution in [1.29, 1.82) is 0 Å². The molecule has 2 unspecified atom stereocenters. The van der Waals surface area contributed by atoms with E-state index in [1.165, 1.54) is 24.8 Å². The first-order chi connectivity index (χ1) is 26.2. The summed E-state index contributed by atoms with van der Waals surface area (Å²) in [6, 6.07) is 4.40. The lowest BCUT2D eigenvalue weighted by molar-refractivity contribution is -0.168. The van der Waals surface area contributed by atoms with Gasteiger partial charge in [-0.05, 0) is 123 Å². The van der Waals surface area contributed by atoms with Crippen molar-refractivity contribution in [3.63, 3.8) is 0 Å². The SMILES string of the molecule is O=C(Oc1c(F)c(F)c(S(=O)(=O)O)c(F)c1F)C1C2CC3CC1CC(OS(=O)(=O)c1c(C4CCCCC4)cc(C4CCCCC4)cc1C1CCCCC1)(C3)C2. The van der Waals surface area contributed by atoms with Crippen LogP contribution in [0.1, 0.15) is 163 Å². The number of benzene rings is 2. The Kier molecular flexibility index (Phi) is 10.7. The number of carbonyl (C=O) groups is 1. The second-order valence-corrected chi connectivity index (χ2v) is 20.4. The molecule has 4 bridgehead atoms. The highest BCUT2D eigenvalue weighted by Crippen LogP contribution is 2.61. The van der Waals surface area contributed by atoms with E-state index >= 15 is 8.42 Å². The number of hydrogen-bond donors (Lipinski definition) is 1. The highest BCUT2D eigenvalue weighted by Gasteiger charge is 2.60. The average molecular weight is 811 g/mol. The molecule has 302 valence electrons. The van der Waals surface area contributed by atoms with Crippen LogP contribution in [-0.4, -0.2) is 33.0 Å². The van der Waals surface area contributed by atoms with Crippen molar-refractivity contribution < 1.29 is 52.7 Å². The Balaban J connectivity index is 1.11. The van der Waals surface area contributed by atoms with E-state index in [4.69, 9.17) is 13.5 Å². The fourth-order valence-electron chi connectivity index (χ4n) is 11.9. The summed E-state index contributed by atoms with van der Waals surface area (Å²) in [5.74, 6) is -13.5. The summed E-state index contributed by atoms with van der Waals surface area (Å²) < 4.78 is 132. The Morgan fingerprint density at radius 3 is 1.55 bits per heavy atom. The van der Waals surface area contributed by atoms with Crippen LogP contribution >= 0.6 is 0 Å². The molecule has 9 rings (SSSR count). The Morgan fingerprint density at radius 2 is 1.09 bits per heavy atom. The zero-order valence-electron chi connectivity index (χ0n) is 31.0. The first-order valence-electron chi connectivity index (χ1n) is 20.3. The fraction of sp³-hybridized carbons (Fsp3) is 0.683. The van der Waals surface area contributed by atoms with Crippen molar-refractivity contribution in [1.82, 2.24) is 0 Å². The third-order valence-electron chi connectivity index (χ3n) is 14.0. The number of halogens is 4. The lowest BCUT2D eigenvalue weighted by Crippen LogP contribution is -2.58. The summed E-state index contributed by atoms with van der Waals surface area (Å²) in [6.07, 6.45) is 17.7. The molecule has 2 aromatic carbocycles. The van der Waals surface area contributed by atoms with Gasteiger partial charge in [0.05, 0.1) is 11.5 Å². The first kappa shape index (κ1) is 39.3. The zero-order chi connectivity index (χ0) is 38.9. The van der Waals surface area contributed by atoms with Gasteiger partial charge < -0.3 is 4.74 Å². The predicted molar refractivity (Wildman–Crippen MR) is 194 cm³/mol. The molecule has 0 aromatic heterocycles. The van der Waals surface area contributed by atoms with Gasteiger partial charge in [-0.15, -0.1) is 0 Å². The van der Waals surface area contributed by atoms with E-state index in [0.717, 1.165) is 88.2 Å². The van der Waals surface area contributed by atoms with Crippen LogP contribution in [0.5, 0.6) is 5.75 Å². The molecular formula is C41H50F4O8S2. The number of carbonyl (C=O) groups excluding carboxylic acids is 1. The van der Waals surface area contributed by atoms with Crippen molar-refractivity contribution in [3.8, 4) is 5.75 Å². The maximum atomic E-state index is 15.1. The molecule has 2 aromatic rings. The van der Waals surface area contributed by atoms with Crippen LogP contribution in [0.2, 0.25) is 0 Å². The highest BCUT2D eigenvalue weighted by atomic mass is 32.2. The average Bonchev–Trinajstić information content (AvgIpc) is 3.15. The second kappa shape index (κ2) is 15.0. The largest absolute Gasteiger partial charge is 0.420 e. The summed E-state index contributed by atoms with van der Waals surface area (Å²) >= 11 is 0. The lowest BCUT2D eigenvalue weighted by atomic mass is 9.50. The van der Waals surface area contributed by atoms with Crippen LogP contribution in [0, 0.1) is 46.9 Å². The topological polar surface area (TPSA) is 124 Å². The minimum Gasteiger partial charge on any atom is -0.420 e. The van der Waals surface area contributed by atoms with Gasteiger partial charge in [0.1, 0.15) is 4.90 Å². The molecule has 0 amide bonds. The minimum atomic E-state index is -5.69. The maximum absolute atomic E-state index is 15.1. The monoisotopic (exact) mass is 810 g/mol. The maximum Gasteiger partial charge on any atom is 0.315 e. The van der Waals surface area contributed by atoms with Crippen molar-refractivity contribution in [2.45, 2.75) is 162 Å². The summed E-state index contributed by atoms with van der Waals surface area (Å²) in [4.78, 5) is 11.7. The third-order valence-corrected chi connectivity index (χ3v) is 16.4. The molecule has 0 radical (unpaired) electrons. The van der Waals surface area contributed by atoms with Gasteiger partial charge in [0.2, 0.25) is 17.4 Å². The Labute approximate surface area is 321 Å². The van der Waals surface area contributed by atoms with E-state index in [9.17, 15) is 30.8 Å². The number of ether oxygens (including phenoxy) is 1. The van der Waals surface area contributed by atoms with Gasteiger partial charge in [-0.3, -0.25) is 13.5 Å². The van der Waals surface area contributed by atoms with E-state index in [1.54, 1.807) is 0 Å². The van der Waals surface area contributed by atoms with Crippen molar-refractivity contribution >= 4 is 26.2 Å². The van der Waals surface area contributed by atoms with Gasteiger partial charge in [0.25, 0.3) is 10.1 Å². The molecule has 7 saturated carbocycles. The summed E-state index contributed by atoms with van der Waals surface area (Å²) in [5, 5.41) is 0. The molecule has 55 heavy (non-hydrogen) atoms. The minimum absolute atomic E-state index is 0.0264. The Hall–Kier alpha value is -2.55. The van der Waals surface area contributed by atoms with Gasteiger partial charge in [-0.25, -0.2) is 8.78 Å². The van der Waals surface area contributed by atoms with Crippen LogP contribution in [0.25, 0.3) is 0 Å². The first-order valence-corrected chi connectivity index (χ1v) is 23.2. The summed E-state index contributed by atoms with van der Waals surface area (Å²) in [7, 11) is -10.0. The summed E-state index contributed by atoms with van der Waals surface area (Å²) in [6.45, 7) is 0. The Bertz CT molecular complexity index is 1970. The van der Waals surface area contributed by atoms with E-state index in [2.05, 4.69) is 12.1 Å². The molecule has 0 aliphatic heterocycles. The van der Waals surface area contributed by atoms with Crippen LogP contribution in [0.3, 0.4) is 0 Å². The van der Waals surface area contributed by atoms with Crippen molar-refractivity contribution in [3.05, 3.63) is 52.1 Å². The van der Waals surface area contributed by atoms with Crippen LogP contribution < -0.4 is 4.74 Å². The lowest BCUT2D eigenvalue weighted by Gasteiger charge is -2.58. The normalized spacial score (nSPS) is 29.5. The van der Waals surface area contributed by atoms with Crippen molar-refractivity contribution in [2.75, 3.05) is 0 Å². The van der Waals surface area contributed by atoms with Gasteiger partial charge >= 0.3 is 16.1 Å². The highest BCUT2D eigenvalue weighted by molar-refractivity contribution is 7.87. The van der Waals surface area contributed by atoms with Crippen LogP contribution in [0.15, 0.2) is 21.9 Å². The molecule has 0 heterocycles. The fourth-order valence-corrected chi connectivity index (χ4v) is 14.3. The number of esters is 1. The molecular weight excluding hydrogens is 761 g/mol. The molecule has 7 aliphatic carbocycles. The number of rotatable bonds is 9. The molecule has 2 atom stereocenters. The quantitative estimate of drug-likeness (QED) is 0.0663. The van der Waals surface area contributed by atoms with E-state index < -0.39 is 83.5 Å². The second-order valence-electron chi connectivity index (χ2n) is 17.6. The zero-order valence-corrected chi connectivity index (χ0v) is 32.6. The molecule has 0 spiro atoms. The van der Waals surface area contributed by atoms with E-state index in [-0.39, 0.29) is 30.6 Å². The van der Waals surface area contributed by atoms with Crippen LogP contribution in [-0.2, 0) is 29.2 Å². The van der Waals surface area contributed by atoms with Gasteiger partial charge in [0.15, 0.2) is 16.5 Å². The molecule has 7 fully saturated rings. The molecule has 7 aliphatic rings. The molecule has 14 heteroatoms. The molecule has 8 nitrogen and oxygen atoms in total. The van der Waals surface area contributed by atoms with Gasteiger partial charge in [0, 0.05) is 0 Å². The Morgan fingerprint density at radius 1 is 0.636 bits per heavy atom. The van der Waals surface area contributed by atoms with Crippen molar-refractivity contribution in [2.24, 2.45) is 23.7 Å². The van der Waals surface area contributed by atoms with Crippen LogP contribution in [0.4, 0.5) is 17.6 Å². The predicted octanol–water partition coefficient (Wildman–Crippen LogP) is 10.1. The van der Waals surface area contributed by atoms with E-state index in [0.29, 0.717) is 30.1 Å². The van der Waals surface area contributed by atoms with Gasteiger partial charge in [-0.2, -0.15) is 25.6 Å². The smallest absolute Gasteiger partial charge is 0.315 e. The standard InChI is InChI=1S/C41H50F4O8S2/c42-33-35(44)39(54(47,48)49)36(45)34(43)37(33)52-40(46)32-28-16-23-17-29(32)22-41(20-23,21-28)53-55(50,51)38-30(25-12-6-2-7-13-25)18-27(24-10-4-1-5-11-24)19-31(38)26-14-8-3-9-15-26/h18-19,23-26,28-29,32H,1-17,20-22H2,(H,47,48,49). The number of hydrogen-bond acceptors (Lipinski definition) is 7.